The van der Waals surface area contributed by atoms with E-state index in [4.69, 9.17) is 9.15 Å². The van der Waals surface area contributed by atoms with Crippen LogP contribution in [0, 0.1) is 0 Å². The first-order chi connectivity index (χ1) is 10.8. The van der Waals surface area contributed by atoms with Crippen LogP contribution >= 0.6 is 11.3 Å². The highest BCUT2D eigenvalue weighted by molar-refractivity contribution is 7.16. The molecule has 7 heteroatoms. The highest BCUT2D eigenvalue weighted by atomic mass is 32.1. The van der Waals surface area contributed by atoms with Crippen molar-refractivity contribution < 1.29 is 9.15 Å². The molecule has 0 aliphatic rings. The fraction of sp³-hybridized carbons (Fsp3) is 0.133. The molecule has 0 saturated carbocycles. The third kappa shape index (κ3) is 2.25. The van der Waals surface area contributed by atoms with Crippen LogP contribution in [0.4, 0.5) is 0 Å². The molecular weight excluding hydrogens is 300 g/mol. The lowest BCUT2D eigenvalue weighted by Gasteiger charge is -2.11. The van der Waals surface area contributed by atoms with Gasteiger partial charge in [-0.15, -0.1) is 10.2 Å². The number of hydrogen-bond acceptors (Lipinski definition) is 6. The SMILES string of the molecule is C[C@@H](Oc1ccccc1)c1nn2c(-c3ccco3)nnc2s1. The molecule has 4 aromatic rings. The zero-order chi connectivity index (χ0) is 14.9. The van der Waals surface area contributed by atoms with Crippen molar-refractivity contribution in [1.29, 1.82) is 0 Å². The van der Waals surface area contributed by atoms with Crippen molar-refractivity contribution >= 4 is 16.3 Å². The van der Waals surface area contributed by atoms with E-state index in [1.807, 2.05) is 49.4 Å². The summed E-state index contributed by atoms with van der Waals surface area (Å²) in [6.45, 7) is 1.96. The van der Waals surface area contributed by atoms with Crippen molar-refractivity contribution in [3.63, 3.8) is 0 Å². The number of nitrogens with zero attached hydrogens (tertiary/aromatic N) is 4. The van der Waals surface area contributed by atoms with Gasteiger partial charge in [-0.1, -0.05) is 29.5 Å². The van der Waals surface area contributed by atoms with Crippen molar-refractivity contribution in [3.8, 4) is 17.3 Å². The zero-order valence-electron chi connectivity index (χ0n) is 11.7. The van der Waals surface area contributed by atoms with Crippen LogP contribution in [0.5, 0.6) is 5.75 Å². The molecule has 3 aromatic heterocycles. The van der Waals surface area contributed by atoms with Gasteiger partial charge in [0.1, 0.15) is 11.9 Å². The molecule has 1 aromatic carbocycles. The van der Waals surface area contributed by atoms with Gasteiger partial charge in [0.05, 0.1) is 6.26 Å². The van der Waals surface area contributed by atoms with E-state index in [2.05, 4.69) is 15.3 Å². The van der Waals surface area contributed by atoms with Crippen LogP contribution in [0.3, 0.4) is 0 Å². The van der Waals surface area contributed by atoms with Gasteiger partial charge >= 0.3 is 0 Å². The Labute approximate surface area is 130 Å². The molecule has 6 nitrogen and oxygen atoms in total. The van der Waals surface area contributed by atoms with E-state index < -0.39 is 0 Å². The summed E-state index contributed by atoms with van der Waals surface area (Å²) in [5, 5.41) is 13.6. The third-order valence-corrected chi connectivity index (χ3v) is 4.21. The maximum Gasteiger partial charge on any atom is 0.235 e. The molecule has 22 heavy (non-hydrogen) atoms. The molecule has 0 unspecified atom stereocenters. The second-order valence-corrected chi connectivity index (χ2v) is 5.70. The van der Waals surface area contributed by atoms with E-state index in [0.29, 0.717) is 16.5 Å². The van der Waals surface area contributed by atoms with Crippen molar-refractivity contribution in [2.75, 3.05) is 0 Å². The number of ether oxygens (including phenoxy) is 1. The van der Waals surface area contributed by atoms with Gasteiger partial charge in [0.25, 0.3) is 0 Å². The predicted octanol–water partition coefficient (Wildman–Crippen LogP) is 3.59. The van der Waals surface area contributed by atoms with Gasteiger partial charge in [0.2, 0.25) is 10.8 Å². The molecule has 1 atom stereocenters. The molecule has 0 fully saturated rings. The molecular formula is C15H12N4O2S. The predicted molar refractivity (Wildman–Crippen MR) is 81.8 cm³/mol. The number of aromatic nitrogens is 4. The Kier molecular flexibility index (Phi) is 3.12. The Morgan fingerprint density at radius 1 is 1.14 bits per heavy atom. The zero-order valence-corrected chi connectivity index (χ0v) is 12.5. The Morgan fingerprint density at radius 3 is 2.77 bits per heavy atom. The van der Waals surface area contributed by atoms with Gasteiger partial charge in [-0.2, -0.15) is 9.61 Å². The number of fused-ring (bicyclic) bond motifs is 1. The molecule has 0 aliphatic carbocycles. The summed E-state index contributed by atoms with van der Waals surface area (Å²) >= 11 is 1.45. The minimum atomic E-state index is -0.168. The van der Waals surface area contributed by atoms with E-state index in [0.717, 1.165) is 10.8 Å². The maximum absolute atomic E-state index is 5.89. The smallest absolute Gasteiger partial charge is 0.235 e. The standard InChI is InChI=1S/C15H12N4O2S/c1-10(21-11-6-3-2-4-7-11)14-18-19-13(12-8-5-9-20-12)16-17-15(19)22-14/h2-10H,1H3/t10-/m1/s1. The number of rotatable bonds is 4. The number of benzene rings is 1. The minimum absolute atomic E-state index is 0.168. The van der Waals surface area contributed by atoms with E-state index in [-0.39, 0.29) is 6.10 Å². The molecule has 0 saturated heterocycles. The summed E-state index contributed by atoms with van der Waals surface area (Å²) in [7, 11) is 0. The molecule has 0 bridgehead atoms. The van der Waals surface area contributed by atoms with Gasteiger partial charge in [-0.3, -0.25) is 0 Å². The summed E-state index contributed by atoms with van der Waals surface area (Å²) in [5.41, 5.74) is 0. The Balaban J connectivity index is 1.65. The molecule has 3 heterocycles. The van der Waals surface area contributed by atoms with Gasteiger partial charge in [0, 0.05) is 0 Å². The first kappa shape index (κ1) is 13.0. The van der Waals surface area contributed by atoms with E-state index in [1.54, 1.807) is 10.8 Å². The molecule has 0 amide bonds. The lowest BCUT2D eigenvalue weighted by molar-refractivity contribution is 0.225. The fourth-order valence-electron chi connectivity index (χ4n) is 2.11. The van der Waals surface area contributed by atoms with Gasteiger partial charge < -0.3 is 9.15 Å². The first-order valence-corrected chi connectivity index (χ1v) is 7.60. The van der Waals surface area contributed by atoms with Crippen molar-refractivity contribution in [3.05, 3.63) is 53.7 Å². The van der Waals surface area contributed by atoms with Gasteiger partial charge in [-0.25, -0.2) is 0 Å². The monoisotopic (exact) mass is 312 g/mol. The normalized spacial score (nSPS) is 12.6. The molecule has 0 aliphatic heterocycles. The van der Waals surface area contributed by atoms with E-state index in [1.165, 1.54) is 11.3 Å². The first-order valence-electron chi connectivity index (χ1n) is 6.79. The molecule has 0 radical (unpaired) electrons. The summed E-state index contributed by atoms with van der Waals surface area (Å²) < 4.78 is 12.9. The Hall–Kier alpha value is -2.67. The van der Waals surface area contributed by atoms with Crippen molar-refractivity contribution in [1.82, 2.24) is 19.8 Å². The Bertz CT molecular complexity index is 883. The van der Waals surface area contributed by atoms with Crippen molar-refractivity contribution in [2.45, 2.75) is 13.0 Å². The van der Waals surface area contributed by atoms with Crippen molar-refractivity contribution in [2.24, 2.45) is 0 Å². The van der Waals surface area contributed by atoms with E-state index in [9.17, 15) is 0 Å². The molecule has 110 valence electrons. The lowest BCUT2D eigenvalue weighted by atomic mass is 10.3. The molecule has 4 rings (SSSR count). The second kappa shape index (κ2) is 5.27. The Morgan fingerprint density at radius 2 is 2.00 bits per heavy atom. The van der Waals surface area contributed by atoms with Crippen LogP contribution < -0.4 is 4.74 Å². The molecule has 0 spiro atoms. The fourth-order valence-corrected chi connectivity index (χ4v) is 2.93. The highest BCUT2D eigenvalue weighted by Crippen LogP contribution is 2.27. The quantitative estimate of drug-likeness (QED) is 0.576. The van der Waals surface area contributed by atoms with E-state index >= 15 is 0 Å². The topological polar surface area (TPSA) is 65.5 Å². The number of furan rings is 1. The van der Waals surface area contributed by atoms with Gasteiger partial charge in [-0.05, 0) is 31.2 Å². The summed E-state index contributed by atoms with van der Waals surface area (Å²) in [5.74, 6) is 2.04. The van der Waals surface area contributed by atoms with Gasteiger partial charge in [0.15, 0.2) is 10.8 Å². The third-order valence-electron chi connectivity index (χ3n) is 3.15. The summed E-state index contributed by atoms with van der Waals surface area (Å²) in [4.78, 5) is 0.713. The number of para-hydroxylation sites is 1. The lowest BCUT2D eigenvalue weighted by Crippen LogP contribution is -2.03. The molecule has 0 N–H and O–H groups in total. The van der Waals surface area contributed by atoms with Crippen LogP contribution in [-0.2, 0) is 0 Å². The average molecular weight is 312 g/mol. The van der Waals surface area contributed by atoms with Crippen LogP contribution in [0.25, 0.3) is 16.5 Å². The average Bonchev–Trinajstić information content (AvgIpc) is 3.24. The van der Waals surface area contributed by atoms with Crippen LogP contribution in [-0.4, -0.2) is 19.8 Å². The van der Waals surface area contributed by atoms with Crippen LogP contribution in [0.15, 0.2) is 53.1 Å². The summed E-state index contributed by atoms with van der Waals surface area (Å²) in [6, 6.07) is 13.3. The number of hydrogen-bond donors (Lipinski definition) is 0. The minimum Gasteiger partial charge on any atom is -0.483 e. The largest absolute Gasteiger partial charge is 0.483 e. The summed E-state index contributed by atoms with van der Waals surface area (Å²) in [6.07, 6.45) is 1.43. The highest BCUT2D eigenvalue weighted by Gasteiger charge is 2.19. The van der Waals surface area contributed by atoms with Crippen LogP contribution in [0.2, 0.25) is 0 Å². The maximum atomic E-state index is 5.89. The van der Waals surface area contributed by atoms with Crippen LogP contribution in [0.1, 0.15) is 18.0 Å². The second-order valence-electron chi connectivity index (χ2n) is 4.71.